The van der Waals surface area contributed by atoms with Crippen LogP contribution < -0.4 is 5.73 Å². The molecule has 0 aliphatic heterocycles. The summed E-state index contributed by atoms with van der Waals surface area (Å²) in [4.78, 5) is 17.9. The van der Waals surface area contributed by atoms with E-state index in [4.69, 9.17) is 10.2 Å². The van der Waals surface area contributed by atoms with Crippen LogP contribution in [0.1, 0.15) is 41.3 Å². The van der Waals surface area contributed by atoms with Crippen LogP contribution in [-0.2, 0) is 6.54 Å². The molecule has 2 unspecified atom stereocenters. The maximum atomic E-state index is 12.2. The predicted octanol–water partition coefficient (Wildman–Crippen LogP) is 2.65. The molecule has 3 rings (SSSR count). The average Bonchev–Trinajstić information content (AvgIpc) is 3.02. The summed E-state index contributed by atoms with van der Waals surface area (Å²) in [5.74, 6) is 2.95. The minimum absolute atomic E-state index is 0.146. The second kappa shape index (κ2) is 5.24. The van der Waals surface area contributed by atoms with Gasteiger partial charge in [-0.05, 0) is 36.6 Å². The summed E-state index contributed by atoms with van der Waals surface area (Å²) in [6.45, 7) is 2.65. The zero-order valence-electron chi connectivity index (χ0n) is 12.2. The second-order valence-electron chi connectivity index (χ2n) is 5.76. The fourth-order valence-electron chi connectivity index (χ4n) is 2.43. The molecule has 0 bridgehead atoms. The van der Waals surface area contributed by atoms with E-state index in [2.05, 4.69) is 11.9 Å². The lowest BCUT2D eigenvalue weighted by atomic mass is 10.3. The van der Waals surface area contributed by atoms with E-state index in [1.54, 1.807) is 24.1 Å². The van der Waals surface area contributed by atoms with E-state index in [1.807, 2.05) is 12.1 Å². The van der Waals surface area contributed by atoms with Crippen molar-refractivity contribution in [1.82, 2.24) is 9.88 Å². The molecule has 1 amide bonds. The molecule has 0 aromatic carbocycles. The number of hydrogen-bond donors (Lipinski definition) is 1. The van der Waals surface area contributed by atoms with Gasteiger partial charge in [-0.1, -0.05) is 6.92 Å². The fourth-order valence-corrected chi connectivity index (χ4v) is 2.43. The topological polar surface area (TPSA) is 72.4 Å². The van der Waals surface area contributed by atoms with Crippen LogP contribution in [0.3, 0.4) is 0 Å². The Labute approximate surface area is 123 Å². The highest BCUT2D eigenvalue weighted by molar-refractivity contribution is 5.92. The van der Waals surface area contributed by atoms with Crippen molar-refractivity contribution in [3.8, 4) is 0 Å². The van der Waals surface area contributed by atoms with E-state index < -0.39 is 0 Å². The molecule has 1 aliphatic carbocycles. The predicted molar refractivity (Wildman–Crippen MR) is 79.7 cm³/mol. The quantitative estimate of drug-likeness (QED) is 0.937. The minimum atomic E-state index is -0.146. The molecule has 2 heterocycles. The van der Waals surface area contributed by atoms with Gasteiger partial charge in [-0.3, -0.25) is 4.79 Å². The lowest BCUT2D eigenvalue weighted by Crippen LogP contribution is -2.26. The first-order valence-corrected chi connectivity index (χ1v) is 7.10. The summed E-state index contributed by atoms with van der Waals surface area (Å²) in [7, 11) is 1.74. The van der Waals surface area contributed by atoms with Gasteiger partial charge in [0.1, 0.15) is 17.2 Å². The molecule has 5 heteroatoms. The SMILES string of the molecule is CC1CC1c1ccc(CN(C)C(=O)c2ccc(N)cn2)o1. The summed E-state index contributed by atoms with van der Waals surface area (Å²) in [6.07, 6.45) is 2.68. The Kier molecular flexibility index (Phi) is 3.41. The van der Waals surface area contributed by atoms with Gasteiger partial charge in [-0.2, -0.15) is 0 Å². The Hall–Kier alpha value is -2.30. The number of furan rings is 1. The number of pyridine rings is 1. The van der Waals surface area contributed by atoms with E-state index >= 15 is 0 Å². The monoisotopic (exact) mass is 285 g/mol. The van der Waals surface area contributed by atoms with E-state index in [1.165, 1.54) is 12.6 Å². The molecule has 1 aliphatic rings. The van der Waals surface area contributed by atoms with Crippen molar-refractivity contribution < 1.29 is 9.21 Å². The summed E-state index contributed by atoms with van der Waals surface area (Å²) in [5.41, 5.74) is 6.50. The number of anilines is 1. The fraction of sp³-hybridized carbons (Fsp3) is 0.375. The van der Waals surface area contributed by atoms with Crippen molar-refractivity contribution in [1.29, 1.82) is 0 Å². The molecule has 21 heavy (non-hydrogen) atoms. The molecule has 0 spiro atoms. The van der Waals surface area contributed by atoms with Gasteiger partial charge in [-0.15, -0.1) is 0 Å². The third kappa shape index (κ3) is 2.91. The average molecular weight is 285 g/mol. The standard InChI is InChI=1S/C16H19N3O2/c1-10-7-13(10)15-6-4-12(21-15)9-19(2)16(20)14-5-3-11(17)8-18-14/h3-6,8,10,13H,7,9,17H2,1-2H3. The van der Waals surface area contributed by atoms with E-state index in [9.17, 15) is 4.79 Å². The van der Waals surface area contributed by atoms with Gasteiger partial charge >= 0.3 is 0 Å². The highest BCUT2D eigenvalue weighted by Gasteiger charge is 2.36. The Balaban J connectivity index is 1.65. The highest BCUT2D eigenvalue weighted by atomic mass is 16.3. The number of nitrogens with two attached hydrogens (primary N) is 1. The maximum absolute atomic E-state index is 12.2. The first-order chi connectivity index (χ1) is 10.0. The number of carbonyl (C=O) groups excluding carboxylic acids is 1. The van der Waals surface area contributed by atoms with Gasteiger partial charge in [0.05, 0.1) is 18.4 Å². The number of rotatable bonds is 4. The second-order valence-corrected chi connectivity index (χ2v) is 5.76. The van der Waals surface area contributed by atoms with Crippen molar-refractivity contribution in [3.63, 3.8) is 0 Å². The third-order valence-corrected chi connectivity index (χ3v) is 3.90. The van der Waals surface area contributed by atoms with Crippen LogP contribution in [0.25, 0.3) is 0 Å². The van der Waals surface area contributed by atoms with Gasteiger partial charge in [-0.25, -0.2) is 4.98 Å². The van der Waals surface area contributed by atoms with Gasteiger partial charge in [0.2, 0.25) is 0 Å². The summed E-state index contributed by atoms with van der Waals surface area (Å²) in [5, 5.41) is 0. The Morgan fingerprint density at radius 3 is 2.81 bits per heavy atom. The van der Waals surface area contributed by atoms with Gasteiger partial charge in [0.25, 0.3) is 5.91 Å². The molecule has 0 radical (unpaired) electrons. The number of aromatic nitrogens is 1. The van der Waals surface area contributed by atoms with Gasteiger partial charge in [0.15, 0.2) is 0 Å². The third-order valence-electron chi connectivity index (χ3n) is 3.90. The molecule has 110 valence electrons. The van der Waals surface area contributed by atoms with Crippen LogP contribution in [0.2, 0.25) is 0 Å². The molecule has 1 saturated carbocycles. The van der Waals surface area contributed by atoms with Crippen LogP contribution in [0.4, 0.5) is 5.69 Å². The Morgan fingerprint density at radius 1 is 1.43 bits per heavy atom. The van der Waals surface area contributed by atoms with Gasteiger partial charge < -0.3 is 15.1 Å². The lowest BCUT2D eigenvalue weighted by molar-refractivity contribution is 0.0769. The molecule has 1 fully saturated rings. The van der Waals surface area contributed by atoms with Crippen molar-refractivity contribution >= 4 is 11.6 Å². The number of nitrogen functional groups attached to an aromatic ring is 1. The van der Waals surface area contributed by atoms with Crippen molar-refractivity contribution in [2.24, 2.45) is 5.92 Å². The van der Waals surface area contributed by atoms with Crippen LogP contribution in [0.5, 0.6) is 0 Å². The number of nitrogens with zero attached hydrogens (tertiary/aromatic N) is 2. The van der Waals surface area contributed by atoms with Crippen LogP contribution in [-0.4, -0.2) is 22.8 Å². The summed E-state index contributed by atoms with van der Waals surface area (Å²) in [6, 6.07) is 7.27. The van der Waals surface area contributed by atoms with Crippen LogP contribution >= 0.6 is 0 Å². The summed E-state index contributed by atoms with van der Waals surface area (Å²) >= 11 is 0. The molecule has 2 aromatic rings. The number of amides is 1. The zero-order valence-corrected chi connectivity index (χ0v) is 12.2. The minimum Gasteiger partial charge on any atom is -0.464 e. The normalized spacial score (nSPS) is 20.3. The molecule has 2 atom stereocenters. The largest absolute Gasteiger partial charge is 0.464 e. The van der Waals surface area contributed by atoms with Crippen molar-refractivity contribution in [3.05, 3.63) is 47.7 Å². The van der Waals surface area contributed by atoms with Gasteiger partial charge in [0, 0.05) is 13.0 Å². The first-order valence-electron chi connectivity index (χ1n) is 7.10. The smallest absolute Gasteiger partial charge is 0.272 e. The summed E-state index contributed by atoms with van der Waals surface area (Å²) < 4.78 is 5.82. The van der Waals surface area contributed by atoms with E-state index in [0.29, 0.717) is 29.8 Å². The zero-order chi connectivity index (χ0) is 15.0. The molecular formula is C16H19N3O2. The first kappa shape index (κ1) is 13.7. The van der Waals surface area contributed by atoms with Crippen LogP contribution in [0, 0.1) is 5.92 Å². The molecule has 0 saturated heterocycles. The molecular weight excluding hydrogens is 266 g/mol. The van der Waals surface area contributed by atoms with E-state index in [-0.39, 0.29) is 5.91 Å². The highest BCUT2D eigenvalue weighted by Crippen LogP contribution is 2.47. The Bertz CT molecular complexity index is 648. The number of hydrogen-bond acceptors (Lipinski definition) is 4. The van der Waals surface area contributed by atoms with E-state index in [0.717, 1.165) is 11.5 Å². The Morgan fingerprint density at radius 2 is 2.19 bits per heavy atom. The lowest BCUT2D eigenvalue weighted by Gasteiger charge is -2.15. The number of carbonyl (C=O) groups is 1. The molecule has 2 aromatic heterocycles. The van der Waals surface area contributed by atoms with Crippen molar-refractivity contribution in [2.75, 3.05) is 12.8 Å². The molecule has 5 nitrogen and oxygen atoms in total. The maximum Gasteiger partial charge on any atom is 0.272 e. The van der Waals surface area contributed by atoms with Crippen LogP contribution in [0.15, 0.2) is 34.9 Å². The van der Waals surface area contributed by atoms with Crippen molar-refractivity contribution in [2.45, 2.75) is 25.8 Å². The molecule has 2 N–H and O–H groups in total.